The Bertz CT molecular complexity index is 702. The van der Waals surface area contributed by atoms with E-state index < -0.39 is 5.91 Å². The van der Waals surface area contributed by atoms with Crippen molar-refractivity contribution in [2.45, 2.75) is 13.3 Å². The Morgan fingerprint density at radius 1 is 1.30 bits per heavy atom. The van der Waals surface area contributed by atoms with E-state index in [4.69, 9.17) is 0 Å². The summed E-state index contributed by atoms with van der Waals surface area (Å²) in [6.45, 7) is 2.66. The van der Waals surface area contributed by atoms with Crippen LogP contribution in [-0.4, -0.2) is 49.7 Å². The molecule has 0 aliphatic carbocycles. The van der Waals surface area contributed by atoms with Crippen LogP contribution < -0.4 is 10.6 Å². The highest BCUT2D eigenvalue weighted by Gasteiger charge is 2.13. The molecule has 0 saturated carbocycles. The largest absolute Gasteiger partial charge is 0.352 e. The molecule has 0 fully saturated rings. The summed E-state index contributed by atoms with van der Waals surface area (Å²) >= 11 is 0. The Hall–Kier alpha value is -2.97. The number of allylic oxidation sites excluding steroid dienone is 1. The molecule has 2 aromatic rings. The zero-order valence-electron chi connectivity index (χ0n) is 13.1. The molecule has 9 nitrogen and oxygen atoms in total. The van der Waals surface area contributed by atoms with Crippen molar-refractivity contribution in [2.75, 3.05) is 13.1 Å². The van der Waals surface area contributed by atoms with Gasteiger partial charge in [-0.1, -0.05) is 6.08 Å². The minimum Gasteiger partial charge on any atom is -0.352 e. The number of carbonyl (C=O) groups is 2. The lowest BCUT2D eigenvalue weighted by atomic mass is 10.4. The van der Waals surface area contributed by atoms with Crippen LogP contribution in [0.5, 0.6) is 0 Å². The van der Waals surface area contributed by atoms with Crippen LogP contribution in [0.25, 0.3) is 5.82 Å². The van der Waals surface area contributed by atoms with Gasteiger partial charge in [0, 0.05) is 26.3 Å². The molecule has 2 rings (SSSR count). The molecule has 0 radical (unpaired) electrons. The highest BCUT2D eigenvalue weighted by molar-refractivity contribution is 5.90. The van der Waals surface area contributed by atoms with E-state index in [0.29, 0.717) is 25.3 Å². The van der Waals surface area contributed by atoms with Gasteiger partial charge in [0.25, 0.3) is 11.7 Å². The van der Waals surface area contributed by atoms with Crippen molar-refractivity contribution in [3.8, 4) is 5.82 Å². The number of tetrazole rings is 1. The number of aromatic nitrogens is 5. The molecular formula is C14H19N7O2. The third-order valence-electron chi connectivity index (χ3n) is 2.99. The van der Waals surface area contributed by atoms with E-state index in [1.165, 1.54) is 10.9 Å². The molecule has 2 N–H and O–H groups in total. The van der Waals surface area contributed by atoms with Crippen molar-refractivity contribution in [3.63, 3.8) is 0 Å². The van der Waals surface area contributed by atoms with Crippen LogP contribution in [0.4, 0.5) is 0 Å². The van der Waals surface area contributed by atoms with Gasteiger partial charge in [0.15, 0.2) is 5.82 Å². The summed E-state index contributed by atoms with van der Waals surface area (Å²) in [5, 5.41) is 17.0. The predicted molar refractivity (Wildman–Crippen MR) is 82.9 cm³/mol. The maximum absolute atomic E-state index is 11.9. The first kappa shape index (κ1) is 16.4. The molecule has 2 heterocycles. The highest BCUT2D eigenvalue weighted by atomic mass is 16.2. The fraction of sp³-hybridized carbons (Fsp3) is 0.357. The number of aryl methyl sites for hydroxylation is 1. The molecule has 0 bridgehead atoms. The Labute approximate surface area is 133 Å². The van der Waals surface area contributed by atoms with Gasteiger partial charge in [-0.15, -0.1) is 15.0 Å². The van der Waals surface area contributed by atoms with E-state index in [0.717, 1.165) is 0 Å². The minimum absolute atomic E-state index is 0.00384. The number of nitrogens with one attached hydrogen (secondary N) is 2. The summed E-state index contributed by atoms with van der Waals surface area (Å²) in [5.41, 5.74) is 0. The molecule has 0 saturated heterocycles. The maximum Gasteiger partial charge on any atom is 0.292 e. The average Bonchev–Trinajstić information content (AvgIpc) is 3.15. The smallest absolute Gasteiger partial charge is 0.292 e. The molecule has 9 heteroatoms. The quantitative estimate of drug-likeness (QED) is 0.544. The van der Waals surface area contributed by atoms with Crippen molar-refractivity contribution in [3.05, 3.63) is 36.3 Å². The molecule has 0 spiro atoms. The zero-order valence-corrected chi connectivity index (χ0v) is 13.1. The van der Waals surface area contributed by atoms with Gasteiger partial charge in [0.2, 0.25) is 5.91 Å². The molecule has 0 aliphatic rings. The number of hydrogen-bond acceptors (Lipinski definition) is 5. The van der Waals surface area contributed by atoms with Gasteiger partial charge in [-0.05, 0) is 36.8 Å². The summed E-state index contributed by atoms with van der Waals surface area (Å²) in [5.74, 6) is 0.170. The van der Waals surface area contributed by atoms with Gasteiger partial charge < -0.3 is 15.2 Å². The summed E-state index contributed by atoms with van der Waals surface area (Å²) in [7, 11) is 1.85. The normalized spacial score (nSPS) is 10.9. The van der Waals surface area contributed by atoms with Crippen LogP contribution in [-0.2, 0) is 11.8 Å². The average molecular weight is 317 g/mol. The van der Waals surface area contributed by atoms with Crippen LogP contribution in [0.3, 0.4) is 0 Å². The zero-order chi connectivity index (χ0) is 16.7. The van der Waals surface area contributed by atoms with E-state index >= 15 is 0 Å². The van der Waals surface area contributed by atoms with Crippen molar-refractivity contribution in [1.29, 1.82) is 0 Å². The molecule has 2 aromatic heterocycles. The SMILES string of the molecule is CC=CC(=O)NCCCNC(=O)c1nnn(-c2cccn2C)n1. The third kappa shape index (κ3) is 4.50. The lowest BCUT2D eigenvalue weighted by molar-refractivity contribution is -0.116. The Morgan fingerprint density at radius 2 is 2.09 bits per heavy atom. The first-order valence-corrected chi connectivity index (χ1v) is 7.22. The maximum atomic E-state index is 11.9. The van der Waals surface area contributed by atoms with Crippen LogP contribution >= 0.6 is 0 Å². The Morgan fingerprint density at radius 3 is 2.78 bits per heavy atom. The second-order valence-corrected chi connectivity index (χ2v) is 4.78. The standard InChI is InChI=1S/C14H19N7O2/c1-3-6-11(22)15-8-5-9-16-14(23)13-17-19-21(18-13)12-7-4-10-20(12)2/h3-4,6-7,10H,5,8-9H2,1-2H3,(H,15,22)(H,16,23). The summed E-state index contributed by atoms with van der Waals surface area (Å²) in [6, 6.07) is 3.66. The fourth-order valence-corrected chi connectivity index (χ4v) is 1.85. The molecule has 2 amide bonds. The first-order valence-electron chi connectivity index (χ1n) is 7.22. The Kier molecular flexibility index (Phi) is 5.61. The monoisotopic (exact) mass is 317 g/mol. The van der Waals surface area contributed by atoms with Crippen molar-refractivity contribution in [1.82, 2.24) is 35.4 Å². The Balaban J connectivity index is 1.77. The van der Waals surface area contributed by atoms with E-state index in [-0.39, 0.29) is 11.7 Å². The first-order chi connectivity index (χ1) is 11.1. The number of carbonyl (C=O) groups excluding carboxylic acids is 2. The van der Waals surface area contributed by atoms with E-state index in [2.05, 4.69) is 26.0 Å². The van der Waals surface area contributed by atoms with Crippen LogP contribution in [0.1, 0.15) is 24.0 Å². The summed E-state index contributed by atoms with van der Waals surface area (Å²) < 4.78 is 1.82. The topological polar surface area (TPSA) is 107 Å². The van der Waals surface area contributed by atoms with Gasteiger partial charge >= 0.3 is 0 Å². The molecule has 0 aliphatic heterocycles. The van der Waals surface area contributed by atoms with Gasteiger partial charge in [-0.3, -0.25) is 9.59 Å². The van der Waals surface area contributed by atoms with Crippen LogP contribution in [0, 0.1) is 0 Å². The molecule has 23 heavy (non-hydrogen) atoms. The lowest BCUT2D eigenvalue weighted by Crippen LogP contribution is -2.29. The molecular weight excluding hydrogens is 298 g/mol. The summed E-state index contributed by atoms with van der Waals surface area (Å²) in [6.07, 6.45) is 5.57. The van der Waals surface area contributed by atoms with Crippen molar-refractivity contribution < 1.29 is 9.59 Å². The van der Waals surface area contributed by atoms with Crippen LogP contribution in [0.2, 0.25) is 0 Å². The number of hydrogen-bond donors (Lipinski definition) is 2. The second kappa shape index (κ2) is 7.87. The molecule has 0 atom stereocenters. The van der Waals surface area contributed by atoms with Gasteiger partial charge in [-0.25, -0.2) is 0 Å². The van der Waals surface area contributed by atoms with Gasteiger partial charge in [-0.2, -0.15) is 0 Å². The highest BCUT2D eigenvalue weighted by Crippen LogP contribution is 2.03. The predicted octanol–water partition coefficient (Wildman–Crippen LogP) is -0.187. The van der Waals surface area contributed by atoms with Crippen LogP contribution in [0.15, 0.2) is 30.5 Å². The van der Waals surface area contributed by atoms with Crippen molar-refractivity contribution >= 4 is 11.8 Å². The molecule has 0 aromatic carbocycles. The lowest BCUT2D eigenvalue weighted by Gasteiger charge is -2.03. The molecule has 122 valence electrons. The van der Waals surface area contributed by atoms with E-state index in [1.54, 1.807) is 13.0 Å². The fourth-order valence-electron chi connectivity index (χ4n) is 1.85. The minimum atomic E-state index is -0.398. The number of nitrogens with zero attached hydrogens (tertiary/aromatic N) is 5. The number of rotatable bonds is 7. The van der Waals surface area contributed by atoms with E-state index in [1.807, 2.05) is 29.9 Å². The second-order valence-electron chi connectivity index (χ2n) is 4.78. The number of amides is 2. The molecule has 0 unspecified atom stereocenters. The van der Waals surface area contributed by atoms with Crippen molar-refractivity contribution in [2.24, 2.45) is 7.05 Å². The summed E-state index contributed by atoms with van der Waals surface area (Å²) in [4.78, 5) is 24.4. The van der Waals surface area contributed by atoms with Gasteiger partial charge in [0.1, 0.15) is 0 Å². The third-order valence-corrected chi connectivity index (χ3v) is 2.99. The van der Waals surface area contributed by atoms with E-state index in [9.17, 15) is 9.59 Å². The van der Waals surface area contributed by atoms with Gasteiger partial charge in [0.05, 0.1) is 0 Å².